The van der Waals surface area contributed by atoms with Crippen molar-refractivity contribution in [1.29, 1.82) is 0 Å². The fraction of sp³-hybridized carbons (Fsp3) is 0.800. The standard InChI is InChI=1S/C10H18O4/c1-4-5-13-10-9(12)6(2)8(11)7(3)14-10/h4,6-12H,1,5H2,2-3H3/t6?,7?,8-,9+,10-/m0/s1. The predicted molar refractivity (Wildman–Crippen MR) is 51.7 cm³/mol. The molecule has 1 saturated heterocycles. The Labute approximate surface area is 84.1 Å². The van der Waals surface area contributed by atoms with Crippen molar-refractivity contribution in [2.75, 3.05) is 6.61 Å². The molecule has 0 saturated carbocycles. The smallest absolute Gasteiger partial charge is 0.184 e. The Morgan fingerprint density at radius 3 is 2.57 bits per heavy atom. The van der Waals surface area contributed by atoms with Crippen molar-refractivity contribution in [2.45, 2.75) is 38.4 Å². The minimum atomic E-state index is -0.791. The molecule has 0 bridgehead atoms. The maximum absolute atomic E-state index is 9.71. The quantitative estimate of drug-likeness (QED) is 0.646. The molecule has 0 amide bonds. The van der Waals surface area contributed by atoms with E-state index in [4.69, 9.17) is 9.47 Å². The summed E-state index contributed by atoms with van der Waals surface area (Å²) < 4.78 is 10.5. The van der Waals surface area contributed by atoms with Gasteiger partial charge in [0.15, 0.2) is 6.29 Å². The largest absolute Gasteiger partial charge is 0.390 e. The first-order valence-corrected chi connectivity index (χ1v) is 4.82. The van der Waals surface area contributed by atoms with Crippen LogP contribution in [0, 0.1) is 5.92 Å². The van der Waals surface area contributed by atoms with Crippen LogP contribution in [-0.2, 0) is 9.47 Å². The van der Waals surface area contributed by atoms with Crippen LogP contribution < -0.4 is 0 Å². The molecule has 0 aromatic carbocycles. The SMILES string of the molecule is C=CCO[C@H]1OC(C)[C@@H](O)C(C)[C@H]1O. The average molecular weight is 202 g/mol. The molecule has 4 nitrogen and oxygen atoms in total. The van der Waals surface area contributed by atoms with Crippen molar-refractivity contribution in [3.63, 3.8) is 0 Å². The molecule has 0 aromatic rings. The van der Waals surface area contributed by atoms with Crippen LogP contribution in [0.4, 0.5) is 0 Å². The van der Waals surface area contributed by atoms with Gasteiger partial charge in [-0.05, 0) is 6.92 Å². The molecule has 82 valence electrons. The van der Waals surface area contributed by atoms with E-state index in [1.54, 1.807) is 19.9 Å². The molecule has 1 rings (SSSR count). The summed E-state index contributed by atoms with van der Waals surface area (Å²) in [4.78, 5) is 0. The number of aliphatic hydroxyl groups excluding tert-OH is 2. The van der Waals surface area contributed by atoms with E-state index in [2.05, 4.69) is 6.58 Å². The molecule has 1 aliphatic heterocycles. The highest BCUT2D eigenvalue weighted by molar-refractivity contribution is 4.85. The Bertz CT molecular complexity index is 195. The van der Waals surface area contributed by atoms with Crippen molar-refractivity contribution in [3.8, 4) is 0 Å². The summed E-state index contributed by atoms with van der Waals surface area (Å²) in [7, 11) is 0. The molecular formula is C10H18O4. The molecule has 5 atom stereocenters. The highest BCUT2D eigenvalue weighted by Crippen LogP contribution is 2.26. The van der Waals surface area contributed by atoms with E-state index < -0.39 is 18.5 Å². The van der Waals surface area contributed by atoms with Crippen LogP contribution in [0.1, 0.15) is 13.8 Å². The predicted octanol–water partition coefficient (Wildman–Crippen LogP) is 0.292. The molecule has 2 unspecified atom stereocenters. The molecule has 1 aliphatic rings. The van der Waals surface area contributed by atoms with E-state index in [0.717, 1.165) is 0 Å². The highest BCUT2D eigenvalue weighted by Gasteiger charge is 2.40. The second kappa shape index (κ2) is 4.89. The number of rotatable bonds is 3. The van der Waals surface area contributed by atoms with Gasteiger partial charge in [0.25, 0.3) is 0 Å². The molecule has 0 aliphatic carbocycles. The lowest BCUT2D eigenvalue weighted by molar-refractivity contribution is -0.275. The first kappa shape index (κ1) is 11.7. The summed E-state index contributed by atoms with van der Waals surface area (Å²) in [5.74, 6) is -0.242. The minimum Gasteiger partial charge on any atom is -0.390 e. The van der Waals surface area contributed by atoms with Gasteiger partial charge < -0.3 is 19.7 Å². The van der Waals surface area contributed by atoms with Gasteiger partial charge in [0, 0.05) is 5.92 Å². The van der Waals surface area contributed by atoms with Crippen LogP contribution in [0.15, 0.2) is 12.7 Å². The van der Waals surface area contributed by atoms with Crippen LogP contribution >= 0.6 is 0 Å². The Morgan fingerprint density at radius 1 is 1.36 bits per heavy atom. The van der Waals surface area contributed by atoms with Crippen LogP contribution in [0.2, 0.25) is 0 Å². The Balaban J connectivity index is 2.55. The molecule has 14 heavy (non-hydrogen) atoms. The maximum atomic E-state index is 9.71. The summed E-state index contributed by atoms with van der Waals surface area (Å²) in [6.45, 7) is 7.38. The average Bonchev–Trinajstić information content (AvgIpc) is 2.18. The molecule has 0 radical (unpaired) electrons. The van der Waals surface area contributed by atoms with E-state index in [1.165, 1.54) is 0 Å². The molecule has 1 heterocycles. The van der Waals surface area contributed by atoms with Crippen LogP contribution in [-0.4, -0.2) is 41.4 Å². The molecule has 2 N–H and O–H groups in total. The van der Waals surface area contributed by atoms with Crippen molar-refractivity contribution in [3.05, 3.63) is 12.7 Å². The van der Waals surface area contributed by atoms with Crippen LogP contribution in [0.3, 0.4) is 0 Å². The summed E-state index contributed by atoms with van der Waals surface area (Å²) in [5, 5.41) is 19.3. The number of ether oxygens (including phenoxy) is 2. The summed E-state index contributed by atoms with van der Waals surface area (Å²) in [6, 6.07) is 0. The lowest BCUT2D eigenvalue weighted by Crippen LogP contribution is -2.52. The van der Waals surface area contributed by atoms with E-state index in [-0.39, 0.29) is 12.0 Å². The number of aliphatic hydroxyl groups is 2. The third-order valence-electron chi connectivity index (χ3n) is 2.56. The Hall–Kier alpha value is -0.420. The number of hydrogen-bond acceptors (Lipinski definition) is 4. The minimum absolute atomic E-state index is 0.242. The molecule has 1 fully saturated rings. The summed E-state index contributed by atoms with van der Waals surface area (Å²) in [6.07, 6.45) is -0.824. The molecule has 4 heteroatoms. The van der Waals surface area contributed by atoms with Gasteiger partial charge in [-0.1, -0.05) is 13.0 Å². The number of hydrogen-bond donors (Lipinski definition) is 2. The van der Waals surface area contributed by atoms with Crippen LogP contribution in [0.5, 0.6) is 0 Å². The van der Waals surface area contributed by atoms with Gasteiger partial charge in [-0.15, -0.1) is 6.58 Å². The Kier molecular flexibility index (Phi) is 4.07. The second-order valence-electron chi connectivity index (χ2n) is 3.67. The van der Waals surface area contributed by atoms with Crippen molar-refractivity contribution in [1.82, 2.24) is 0 Å². The third kappa shape index (κ3) is 2.33. The molecular weight excluding hydrogens is 184 g/mol. The maximum Gasteiger partial charge on any atom is 0.184 e. The zero-order valence-corrected chi connectivity index (χ0v) is 8.59. The van der Waals surface area contributed by atoms with Gasteiger partial charge in [0.05, 0.1) is 18.8 Å². The highest BCUT2D eigenvalue weighted by atomic mass is 16.7. The summed E-state index contributed by atoms with van der Waals surface area (Å²) >= 11 is 0. The lowest BCUT2D eigenvalue weighted by atomic mass is 9.91. The monoisotopic (exact) mass is 202 g/mol. The van der Waals surface area contributed by atoms with Crippen molar-refractivity contribution in [2.24, 2.45) is 5.92 Å². The summed E-state index contributed by atoms with van der Waals surface area (Å²) in [5.41, 5.74) is 0. The third-order valence-corrected chi connectivity index (χ3v) is 2.56. The second-order valence-corrected chi connectivity index (χ2v) is 3.67. The van der Waals surface area contributed by atoms with Gasteiger partial charge in [-0.2, -0.15) is 0 Å². The Morgan fingerprint density at radius 2 is 2.00 bits per heavy atom. The zero-order valence-electron chi connectivity index (χ0n) is 8.59. The van der Waals surface area contributed by atoms with Gasteiger partial charge in [-0.3, -0.25) is 0 Å². The molecule has 0 aromatic heterocycles. The van der Waals surface area contributed by atoms with E-state index >= 15 is 0 Å². The fourth-order valence-electron chi connectivity index (χ4n) is 1.55. The van der Waals surface area contributed by atoms with Gasteiger partial charge in [0.1, 0.15) is 6.10 Å². The van der Waals surface area contributed by atoms with E-state index in [9.17, 15) is 10.2 Å². The zero-order chi connectivity index (χ0) is 10.7. The first-order valence-electron chi connectivity index (χ1n) is 4.82. The van der Waals surface area contributed by atoms with E-state index in [0.29, 0.717) is 6.61 Å². The van der Waals surface area contributed by atoms with Gasteiger partial charge in [0.2, 0.25) is 0 Å². The topological polar surface area (TPSA) is 58.9 Å². The van der Waals surface area contributed by atoms with Crippen LogP contribution in [0.25, 0.3) is 0 Å². The van der Waals surface area contributed by atoms with Crippen molar-refractivity contribution < 1.29 is 19.7 Å². The fourth-order valence-corrected chi connectivity index (χ4v) is 1.55. The molecule has 0 spiro atoms. The lowest BCUT2D eigenvalue weighted by Gasteiger charge is -2.39. The van der Waals surface area contributed by atoms with Gasteiger partial charge in [-0.25, -0.2) is 0 Å². The van der Waals surface area contributed by atoms with Crippen molar-refractivity contribution >= 4 is 0 Å². The normalized spacial score (nSPS) is 43.6. The first-order chi connectivity index (χ1) is 6.57. The van der Waals surface area contributed by atoms with Gasteiger partial charge >= 0.3 is 0 Å². The van der Waals surface area contributed by atoms with E-state index in [1.807, 2.05) is 0 Å².